The minimum absolute atomic E-state index is 0.110. The van der Waals surface area contributed by atoms with Gasteiger partial charge in [-0.25, -0.2) is 4.79 Å². The number of carbonyl (C=O) groups is 1. The van der Waals surface area contributed by atoms with E-state index in [0.29, 0.717) is 12.3 Å². The monoisotopic (exact) mass is 219 g/mol. The molecule has 0 bridgehead atoms. The zero-order valence-electron chi connectivity index (χ0n) is 9.58. The first kappa shape index (κ1) is 9.94. The van der Waals surface area contributed by atoms with Crippen LogP contribution in [0.2, 0.25) is 0 Å². The third-order valence-corrected chi connectivity index (χ3v) is 3.89. The van der Waals surface area contributed by atoms with E-state index < -0.39 is 0 Å². The maximum Gasteiger partial charge on any atom is 0.354 e. The second kappa shape index (κ2) is 3.37. The summed E-state index contributed by atoms with van der Waals surface area (Å²) in [5, 5.41) is 3.39. The third kappa shape index (κ3) is 1.30. The lowest BCUT2D eigenvalue weighted by atomic mass is 10.1. The van der Waals surface area contributed by atoms with Crippen LogP contribution in [0.5, 0.6) is 0 Å². The van der Waals surface area contributed by atoms with Crippen LogP contribution in [0.4, 0.5) is 0 Å². The van der Waals surface area contributed by atoms with Crippen molar-refractivity contribution in [3.05, 3.63) is 23.4 Å². The van der Waals surface area contributed by atoms with Gasteiger partial charge in [-0.2, -0.15) is 0 Å². The fourth-order valence-corrected chi connectivity index (χ4v) is 3.00. The van der Waals surface area contributed by atoms with Crippen molar-refractivity contribution in [1.29, 1.82) is 0 Å². The molecule has 2 atom stereocenters. The Labute approximate surface area is 95.5 Å². The second-order valence-electron chi connectivity index (χ2n) is 4.87. The highest BCUT2D eigenvalue weighted by molar-refractivity contribution is 5.90. The van der Waals surface area contributed by atoms with E-state index >= 15 is 0 Å². The van der Waals surface area contributed by atoms with Gasteiger partial charge in [0.2, 0.25) is 0 Å². The molecule has 0 radical (unpaired) electrons. The van der Waals surface area contributed by atoms with Crippen molar-refractivity contribution in [1.82, 2.24) is 5.32 Å². The zero-order valence-corrected chi connectivity index (χ0v) is 9.58. The Balaban J connectivity index is 1.84. The van der Waals surface area contributed by atoms with Gasteiger partial charge in [-0.15, -0.1) is 0 Å². The van der Waals surface area contributed by atoms with E-state index in [4.69, 9.17) is 4.74 Å². The normalized spacial score (nSPS) is 34.9. The van der Waals surface area contributed by atoms with Crippen LogP contribution in [0.15, 0.2) is 23.4 Å². The molecule has 1 fully saturated rings. The number of hydrogen-bond acceptors (Lipinski definition) is 3. The van der Waals surface area contributed by atoms with Gasteiger partial charge in [-0.05, 0) is 50.2 Å². The lowest BCUT2D eigenvalue weighted by Gasteiger charge is -2.13. The minimum Gasteiger partial charge on any atom is -0.461 e. The van der Waals surface area contributed by atoms with Crippen molar-refractivity contribution >= 4 is 5.97 Å². The van der Waals surface area contributed by atoms with Gasteiger partial charge >= 0.3 is 5.97 Å². The zero-order chi connectivity index (χ0) is 11.2. The molecule has 0 aromatic heterocycles. The van der Waals surface area contributed by atoms with Crippen molar-refractivity contribution in [2.75, 3.05) is 6.61 Å². The maximum atomic E-state index is 11.7. The van der Waals surface area contributed by atoms with Gasteiger partial charge in [0.05, 0.1) is 12.1 Å². The quantitative estimate of drug-likeness (QED) is 0.721. The van der Waals surface area contributed by atoms with Gasteiger partial charge < -0.3 is 10.1 Å². The van der Waals surface area contributed by atoms with Crippen LogP contribution in [-0.4, -0.2) is 18.1 Å². The molecule has 1 heterocycles. The summed E-state index contributed by atoms with van der Waals surface area (Å²) in [7, 11) is 0. The Morgan fingerprint density at radius 1 is 1.69 bits per heavy atom. The van der Waals surface area contributed by atoms with Crippen LogP contribution in [-0.2, 0) is 9.53 Å². The fraction of sp³-hybridized carbons (Fsp3) is 0.615. The van der Waals surface area contributed by atoms with E-state index in [9.17, 15) is 4.79 Å². The Hall–Kier alpha value is -1.25. The largest absolute Gasteiger partial charge is 0.461 e. The highest BCUT2D eigenvalue weighted by atomic mass is 16.5. The predicted molar refractivity (Wildman–Crippen MR) is 60.6 cm³/mol. The summed E-state index contributed by atoms with van der Waals surface area (Å²) in [6, 6.07) is 0. The standard InChI is InChI=1S/C13H17NO2/c1-2-16-12(15)11-7-9-5-3-4-6-10-8-13(9,10)14-11/h5,7,10,14H,2-4,6,8H2,1H3. The Kier molecular flexibility index (Phi) is 2.09. The highest BCUT2D eigenvalue weighted by Gasteiger charge is 2.59. The molecule has 0 aromatic rings. The van der Waals surface area contributed by atoms with Gasteiger partial charge in [0.25, 0.3) is 0 Å². The number of nitrogens with one attached hydrogen (secondary N) is 1. The average molecular weight is 219 g/mol. The van der Waals surface area contributed by atoms with Crippen molar-refractivity contribution in [3.8, 4) is 0 Å². The number of esters is 1. The smallest absolute Gasteiger partial charge is 0.354 e. The van der Waals surface area contributed by atoms with E-state index in [0.717, 1.165) is 12.3 Å². The second-order valence-corrected chi connectivity index (χ2v) is 4.87. The van der Waals surface area contributed by atoms with Gasteiger partial charge in [0, 0.05) is 0 Å². The van der Waals surface area contributed by atoms with Crippen molar-refractivity contribution in [2.24, 2.45) is 5.92 Å². The first-order chi connectivity index (χ1) is 7.76. The summed E-state index contributed by atoms with van der Waals surface area (Å²) >= 11 is 0. The maximum absolute atomic E-state index is 11.7. The summed E-state index contributed by atoms with van der Waals surface area (Å²) in [5.41, 5.74) is 2.08. The third-order valence-electron chi connectivity index (χ3n) is 3.89. The number of rotatable bonds is 2. The van der Waals surface area contributed by atoms with E-state index in [-0.39, 0.29) is 11.5 Å². The molecule has 0 amide bonds. The first-order valence-corrected chi connectivity index (χ1v) is 6.14. The molecule has 3 nitrogen and oxygen atoms in total. The summed E-state index contributed by atoms with van der Waals surface area (Å²) in [6.07, 6.45) is 9.15. The molecule has 1 N–H and O–H groups in total. The first-order valence-electron chi connectivity index (χ1n) is 6.14. The Morgan fingerprint density at radius 3 is 3.38 bits per heavy atom. The van der Waals surface area contributed by atoms with Crippen LogP contribution >= 0.6 is 0 Å². The molecule has 3 heteroatoms. The molecule has 1 aliphatic heterocycles. The van der Waals surface area contributed by atoms with E-state index in [1.165, 1.54) is 24.8 Å². The van der Waals surface area contributed by atoms with Gasteiger partial charge in [-0.3, -0.25) is 0 Å². The van der Waals surface area contributed by atoms with Crippen molar-refractivity contribution < 1.29 is 9.53 Å². The summed E-state index contributed by atoms with van der Waals surface area (Å²) in [6.45, 7) is 2.27. The van der Waals surface area contributed by atoms with Crippen LogP contribution in [0.3, 0.4) is 0 Å². The molecular weight excluding hydrogens is 202 g/mol. The molecule has 0 aromatic carbocycles. The predicted octanol–water partition coefficient (Wildman–Crippen LogP) is 1.91. The molecular formula is C13H17NO2. The fourth-order valence-electron chi connectivity index (χ4n) is 3.00. The summed E-state index contributed by atoms with van der Waals surface area (Å²) in [4.78, 5) is 11.7. The minimum atomic E-state index is -0.212. The van der Waals surface area contributed by atoms with Crippen molar-refractivity contribution in [3.63, 3.8) is 0 Å². The van der Waals surface area contributed by atoms with E-state index in [1.807, 2.05) is 13.0 Å². The molecule has 3 aliphatic rings. The molecule has 0 saturated heterocycles. The Bertz CT molecular complexity index is 397. The SMILES string of the molecule is CCOC(=O)C1=CC2=CCCCC3CC23N1. The van der Waals surface area contributed by atoms with Crippen LogP contribution in [0.1, 0.15) is 32.6 Å². The number of ether oxygens (including phenoxy) is 1. The van der Waals surface area contributed by atoms with E-state index in [1.54, 1.807) is 0 Å². The topological polar surface area (TPSA) is 38.3 Å². The van der Waals surface area contributed by atoms with Crippen LogP contribution in [0, 0.1) is 5.92 Å². The molecule has 2 unspecified atom stereocenters. The highest BCUT2D eigenvalue weighted by Crippen LogP contribution is 2.56. The molecule has 1 saturated carbocycles. The van der Waals surface area contributed by atoms with Gasteiger partial charge in [0.1, 0.15) is 5.70 Å². The Morgan fingerprint density at radius 2 is 2.56 bits per heavy atom. The summed E-state index contributed by atoms with van der Waals surface area (Å²) in [5.74, 6) is 0.515. The summed E-state index contributed by atoms with van der Waals surface area (Å²) < 4.78 is 5.03. The number of carbonyl (C=O) groups excluding carboxylic acids is 1. The van der Waals surface area contributed by atoms with Crippen LogP contribution < -0.4 is 5.32 Å². The molecule has 86 valence electrons. The van der Waals surface area contributed by atoms with Crippen molar-refractivity contribution in [2.45, 2.75) is 38.1 Å². The lowest BCUT2D eigenvalue weighted by Crippen LogP contribution is -2.31. The molecule has 3 rings (SSSR count). The molecule has 16 heavy (non-hydrogen) atoms. The number of allylic oxidation sites excluding steroid dienone is 1. The average Bonchev–Trinajstić information content (AvgIpc) is 2.86. The van der Waals surface area contributed by atoms with E-state index in [2.05, 4.69) is 11.4 Å². The molecule has 2 aliphatic carbocycles. The van der Waals surface area contributed by atoms with Gasteiger partial charge in [-0.1, -0.05) is 6.08 Å². The number of hydrogen-bond donors (Lipinski definition) is 1. The van der Waals surface area contributed by atoms with Gasteiger partial charge in [0.15, 0.2) is 0 Å². The van der Waals surface area contributed by atoms with Crippen LogP contribution in [0.25, 0.3) is 0 Å². The lowest BCUT2D eigenvalue weighted by molar-refractivity contribution is -0.138. The molecule has 1 spiro atoms.